The molecule has 8 rings (SSSR count). The molecule has 8 aromatic carbocycles. The molecule has 0 spiro atoms. The maximum absolute atomic E-state index is 8.73. The molecule has 5 heteroatoms. The third-order valence-corrected chi connectivity index (χ3v) is 7.13. The van der Waals surface area contributed by atoms with Crippen LogP contribution in [0.15, 0.2) is 158 Å². The second-order valence-corrected chi connectivity index (χ2v) is 10.5. The fourth-order valence-electron chi connectivity index (χ4n) is 4.76. The molecule has 0 unspecified atom stereocenters. The van der Waals surface area contributed by atoms with Crippen molar-refractivity contribution >= 4 is 66.3 Å². The van der Waals surface area contributed by atoms with E-state index in [2.05, 4.69) is 109 Å². The molecule has 0 aliphatic carbocycles. The van der Waals surface area contributed by atoms with Gasteiger partial charge in [0.1, 0.15) is 11.5 Å². The summed E-state index contributed by atoms with van der Waals surface area (Å²) in [6.07, 6.45) is 0. The molecule has 43 heavy (non-hydrogen) atoms. The summed E-state index contributed by atoms with van der Waals surface area (Å²) in [6.45, 7) is 0. The van der Waals surface area contributed by atoms with E-state index in [4.69, 9.17) is 33.4 Å². The Bertz CT molecular complexity index is 1770. The zero-order chi connectivity index (χ0) is 29.3. The Labute approximate surface area is 280 Å². The van der Waals surface area contributed by atoms with Gasteiger partial charge < -0.3 is 10.2 Å². The molecule has 0 fully saturated rings. The van der Waals surface area contributed by atoms with E-state index in [1.807, 2.05) is 0 Å². The van der Waals surface area contributed by atoms with Gasteiger partial charge in [-0.25, -0.2) is 0 Å². The molecule has 0 radical (unpaired) electrons. The zero-order valence-electron chi connectivity index (χ0n) is 23.2. The minimum atomic E-state index is 0. The average Bonchev–Trinajstić information content (AvgIpc) is 3.57. The van der Waals surface area contributed by atoms with E-state index in [1.54, 1.807) is 36.4 Å². The SMILES string of the molecule is Oc1cccc(Cl)c1.Oc1cccc(Cl)c1.[Zr+2].c1ccc2c(c1)[cH-]c1ccccc12.c1ccc2c(c1)[cH-]c1ccccc12. The first kappa shape index (κ1) is 32.0. The van der Waals surface area contributed by atoms with Gasteiger partial charge in [-0.05, 0) is 36.4 Å². The Kier molecular flexibility index (Phi) is 11.6. The van der Waals surface area contributed by atoms with Crippen molar-refractivity contribution in [2.45, 2.75) is 0 Å². The number of aromatic hydroxyl groups is 2. The van der Waals surface area contributed by atoms with Gasteiger partial charge in [0.05, 0.1) is 0 Å². The molecule has 0 aliphatic rings. The van der Waals surface area contributed by atoms with Crippen LogP contribution in [0.4, 0.5) is 0 Å². The number of fused-ring (bicyclic) bond motifs is 6. The first-order chi connectivity index (χ1) is 20.5. The van der Waals surface area contributed by atoms with Crippen LogP contribution in [-0.4, -0.2) is 10.2 Å². The van der Waals surface area contributed by atoms with E-state index in [9.17, 15) is 0 Å². The number of phenolic OH excluding ortho intramolecular Hbond substituents is 2. The Balaban J connectivity index is 0.000000134. The maximum Gasteiger partial charge on any atom is 2.00 e. The number of benzene rings is 6. The van der Waals surface area contributed by atoms with Crippen LogP contribution in [0, 0.1) is 0 Å². The van der Waals surface area contributed by atoms with Crippen LogP contribution in [0.1, 0.15) is 0 Å². The molecule has 2 N–H and O–H groups in total. The smallest absolute Gasteiger partial charge is 0.508 e. The Hall–Kier alpha value is -3.88. The third kappa shape index (κ3) is 8.58. The van der Waals surface area contributed by atoms with Crippen molar-refractivity contribution in [3.8, 4) is 11.5 Å². The monoisotopic (exact) mass is 676 g/mol. The molecule has 0 saturated carbocycles. The third-order valence-electron chi connectivity index (χ3n) is 6.66. The van der Waals surface area contributed by atoms with Crippen LogP contribution in [0.25, 0.3) is 43.1 Å². The number of phenols is 2. The maximum atomic E-state index is 8.73. The van der Waals surface area contributed by atoms with E-state index in [1.165, 1.54) is 55.2 Å². The van der Waals surface area contributed by atoms with Crippen LogP contribution in [0.2, 0.25) is 10.0 Å². The van der Waals surface area contributed by atoms with Gasteiger partial charge in [-0.1, -0.05) is 108 Å². The summed E-state index contributed by atoms with van der Waals surface area (Å²) >= 11 is 11.0. The summed E-state index contributed by atoms with van der Waals surface area (Å²) in [7, 11) is 0. The van der Waals surface area contributed by atoms with E-state index < -0.39 is 0 Å². The van der Waals surface area contributed by atoms with Crippen LogP contribution in [0.3, 0.4) is 0 Å². The molecule has 2 nitrogen and oxygen atoms in total. The van der Waals surface area contributed by atoms with Gasteiger partial charge in [-0.15, -0.1) is 79.5 Å². The summed E-state index contributed by atoms with van der Waals surface area (Å²) in [5, 5.41) is 29.4. The van der Waals surface area contributed by atoms with Crippen molar-refractivity contribution in [1.29, 1.82) is 0 Å². The molecular weight excluding hydrogens is 651 g/mol. The van der Waals surface area contributed by atoms with Gasteiger partial charge in [0, 0.05) is 10.0 Å². The Morgan fingerprint density at radius 1 is 0.372 bits per heavy atom. The molecule has 0 amide bonds. The summed E-state index contributed by atoms with van der Waals surface area (Å²) in [4.78, 5) is 0. The standard InChI is InChI=1S/2C13H9.2C6H5ClO.Zr/c2*1-3-7-12-10(5-1)9-11-6-2-4-8-13(11)12;2*7-5-2-1-3-6(8)4-5;/h2*1-9H;2*1-4,8H;/q2*-1;;;+2. The van der Waals surface area contributed by atoms with Crippen LogP contribution < -0.4 is 0 Å². The molecular formula is C38H28Cl2O2Zr. The van der Waals surface area contributed by atoms with Crippen LogP contribution in [0.5, 0.6) is 11.5 Å². The Morgan fingerprint density at radius 2 is 0.651 bits per heavy atom. The quantitative estimate of drug-likeness (QED) is 0.157. The van der Waals surface area contributed by atoms with E-state index >= 15 is 0 Å². The van der Waals surface area contributed by atoms with Crippen molar-refractivity contribution in [3.05, 3.63) is 168 Å². The number of hydrogen-bond donors (Lipinski definition) is 2. The van der Waals surface area contributed by atoms with Gasteiger partial charge in [-0.2, -0.15) is 0 Å². The van der Waals surface area contributed by atoms with Crippen molar-refractivity contribution in [3.63, 3.8) is 0 Å². The number of hydrogen-bond acceptors (Lipinski definition) is 2. The fourth-order valence-corrected chi connectivity index (χ4v) is 5.13. The predicted molar refractivity (Wildman–Crippen MR) is 180 cm³/mol. The largest absolute Gasteiger partial charge is 2.00 e. The van der Waals surface area contributed by atoms with Gasteiger partial charge >= 0.3 is 26.2 Å². The summed E-state index contributed by atoms with van der Waals surface area (Å²) in [5.41, 5.74) is 0. The van der Waals surface area contributed by atoms with Crippen molar-refractivity contribution in [2.24, 2.45) is 0 Å². The topological polar surface area (TPSA) is 40.5 Å². The van der Waals surface area contributed by atoms with Crippen molar-refractivity contribution in [1.82, 2.24) is 0 Å². The van der Waals surface area contributed by atoms with Gasteiger partial charge in [0.25, 0.3) is 0 Å². The molecule has 210 valence electrons. The molecule has 0 heterocycles. The summed E-state index contributed by atoms with van der Waals surface area (Å²) < 4.78 is 0. The molecule has 0 aliphatic heterocycles. The van der Waals surface area contributed by atoms with Crippen molar-refractivity contribution in [2.75, 3.05) is 0 Å². The fraction of sp³-hybridized carbons (Fsp3) is 0. The van der Waals surface area contributed by atoms with Gasteiger partial charge in [0.15, 0.2) is 0 Å². The molecule has 0 saturated heterocycles. The summed E-state index contributed by atoms with van der Waals surface area (Å²) in [5.74, 6) is 0.412. The second kappa shape index (κ2) is 15.6. The average molecular weight is 679 g/mol. The van der Waals surface area contributed by atoms with Gasteiger partial charge in [-0.3, -0.25) is 0 Å². The van der Waals surface area contributed by atoms with E-state index in [0.717, 1.165) is 0 Å². The first-order valence-electron chi connectivity index (χ1n) is 13.4. The molecule has 0 aromatic heterocycles. The number of halogens is 2. The van der Waals surface area contributed by atoms with E-state index in [0.29, 0.717) is 10.0 Å². The molecule has 0 atom stereocenters. The molecule has 8 aromatic rings. The minimum Gasteiger partial charge on any atom is -0.508 e. The number of rotatable bonds is 0. The normalized spacial score (nSPS) is 10.1. The predicted octanol–water partition coefficient (Wildman–Crippen LogP) is 11.5. The van der Waals surface area contributed by atoms with Gasteiger partial charge in [0.2, 0.25) is 0 Å². The van der Waals surface area contributed by atoms with Crippen molar-refractivity contribution < 1.29 is 36.4 Å². The van der Waals surface area contributed by atoms with Crippen LogP contribution >= 0.6 is 23.2 Å². The van der Waals surface area contributed by atoms with Crippen LogP contribution in [-0.2, 0) is 26.2 Å². The zero-order valence-corrected chi connectivity index (χ0v) is 27.1. The first-order valence-corrected chi connectivity index (χ1v) is 14.2. The minimum absolute atomic E-state index is 0. The Morgan fingerprint density at radius 3 is 0.884 bits per heavy atom. The second-order valence-electron chi connectivity index (χ2n) is 9.60. The molecule has 0 bridgehead atoms. The summed E-state index contributed by atoms with van der Waals surface area (Å²) in [6, 6.07) is 51.5. The van der Waals surface area contributed by atoms with E-state index in [-0.39, 0.29) is 37.7 Å².